The third kappa shape index (κ3) is 11.9. The summed E-state index contributed by atoms with van der Waals surface area (Å²) in [7, 11) is 3.86. The number of rotatable bonds is 13. The topological polar surface area (TPSA) is 71.0 Å². The Hall–Kier alpha value is -1.91. The van der Waals surface area contributed by atoms with Crippen molar-refractivity contribution in [1.29, 1.82) is 0 Å². The summed E-state index contributed by atoms with van der Waals surface area (Å²) >= 11 is 0. The summed E-state index contributed by atoms with van der Waals surface area (Å²) in [6, 6.07) is 14.0. The lowest BCUT2D eigenvalue weighted by atomic mass is 10.2. The van der Waals surface area contributed by atoms with Crippen molar-refractivity contribution in [1.82, 2.24) is 20.5 Å². The fourth-order valence-electron chi connectivity index (χ4n) is 2.83. The number of pyridine rings is 1. The molecule has 0 atom stereocenters. The molecule has 2 N–H and O–H groups in total. The number of methoxy groups -OCH3 is 1. The van der Waals surface area contributed by atoms with Gasteiger partial charge in [0.05, 0.1) is 6.54 Å². The first-order chi connectivity index (χ1) is 14.7. The Morgan fingerprint density at radius 3 is 2.65 bits per heavy atom. The van der Waals surface area contributed by atoms with Crippen LogP contribution in [0.5, 0.6) is 5.88 Å². The van der Waals surface area contributed by atoms with E-state index in [4.69, 9.17) is 9.47 Å². The van der Waals surface area contributed by atoms with Crippen molar-refractivity contribution in [2.45, 2.75) is 26.5 Å². The number of aromatic nitrogens is 1. The highest BCUT2D eigenvalue weighted by molar-refractivity contribution is 14.0. The van der Waals surface area contributed by atoms with Gasteiger partial charge in [-0.3, -0.25) is 0 Å². The van der Waals surface area contributed by atoms with Crippen LogP contribution in [0.4, 0.5) is 0 Å². The van der Waals surface area contributed by atoms with E-state index >= 15 is 0 Å². The van der Waals surface area contributed by atoms with Crippen LogP contribution in [0.3, 0.4) is 0 Å². The summed E-state index contributed by atoms with van der Waals surface area (Å²) in [6.07, 6.45) is 2.80. The van der Waals surface area contributed by atoms with Gasteiger partial charge in [0.25, 0.3) is 0 Å². The van der Waals surface area contributed by atoms with Gasteiger partial charge in [-0.05, 0) is 37.6 Å². The molecule has 8 heteroatoms. The molecule has 0 unspecified atom stereocenters. The van der Waals surface area contributed by atoms with E-state index in [-0.39, 0.29) is 24.0 Å². The van der Waals surface area contributed by atoms with Crippen LogP contribution in [0.15, 0.2) is 53.7 Å². The lowest BCUT2D eigenvalue weighted by Gasteiger charge is -2.18. The molecule has 0 aliphatic heterocycles. The fraction of sp³-hybridized carbons (Fsp3) is 0.478. The molecule has 2 aromatic rings. The maximum Gasteiger partial charge on any atom is 0.213 e. The van der Waals surface area contributed by atoms with E-state index in [1.807, 2.05) is 42.5 Å². The molecule has 0 saturated carbocycles. The summed E-state index contributed by atoms with van der Waals surface area (Å²) in [4.78, 5) is 11.3. The Labute approximate surface area is 203 Å². The number of nitrogens with zero attached hydrogens (tertiary/aromatic N) is 3. The Morgan fingerprint density at radius 2 is 1.90 bits per heavy atom. The summed E-state index contributed by atoms with van der Waals surface area (Å²) in [5.74, 6) is 1.42. The quantitative estimate of drug-likeness (QED) is 0.176. The molecule has 1 heterocycles. The summed E-state index contributed by atoms with van der Waals surface area (Å²) in [5.41, 5.74) is 2.18. The van der Waals surface area contributed by atoms with Gasteiger partial charge in [-0.2, -0.15) is 0 Å². The van der Waals surface area contributed by atoms with Crippen LogP contribution >= 0.6 is 24.0 Å². The van der Waals surface area contributed by atoms with Crippen molar-refractivity contribution in [2.24, 2.45) is 4.99 Å². The number of ether oxygens (including phenoxy) is 2. The average Bonchev–Trinajstić information content (AvgIpc) is 2.77. The zero-order valence-corrected chi connectivity index (χ0v) is 21.2. The number of hydrogen-bond acceptors (Lipinski definition) is 5. The molecule has 31 heavy (non-hydrogen) atoms. The molecule has 0 bridgehead atoms. The van der Waals surface area contributed by atoms with Crippen LogP contribution in [-0.2, 0) is 17.9 Å². The SMILES string of the molecule is CCNC(=NCc1ccnc(OCc2ccccc2)c1)NCCN(C)CCCOC.I. The normalized spacial score (nSPS) is 11.2. The summed E-state index contributed by atoms with van der Waals surface area (Å²) < 4.78 is 10.9. The van der Waals surface area contributed by atoms with Crippen molar-refractivity contribution in [3.05, 3.63) is 59.8 Å². The van der Waals surface area contributed by atoms with Gasteiger partial charge in [-0.25, -0.2) is 9.98 Å². The van der Waals surface area contributed by atoms with E-state index in [0.717, 1.165) is 56.3 Å². The Bertz CT molecular complexity index is 746. The molecular weight excluding hydrogens is 505 g/mol. The highest BCUT2D eigenvalue weighted by atomic mass is 127. The second kappa shape index (κ2) is 16.7. The van der Waals surface area contributed by atoms with Crippen LogP contribution < -0.4 is 15.4 Å². The van der Waals surface area contributed by atoms with Crippen molar-refractivity contribution >= 4 is 29.9 Å². The summed E-state index contributed by atoms with van der Waals surface area (Å²) in [5, 5.41) is 6.69. The zero-order valence-electron chi connectivity index (χ0n) is 18.8. The molecule has 0 aliphatic rings. The number of aliphatic imine (C=N–C) groups is 1. The molecule has 0 spiro atoms. The molecule has 0 aliphatic carbocycles. The molecule has 0 amide bonds. The fourth-order valence-corrected chi connectivity index (χ4v) is 2.83. The largest absolute Gasteiger partial charge is 0.473 e. The smallest absolute Gasteiger partial charge is 0.213 e. The second-order valence-corrected chi connectivity index (χ2v) is 7.05. The molecule has 0 saturated heterocycles. The maximum absolute atomic E-state index is 5.81. The van der Waals surface area contributed by atoms with Crippen molar-refractivity contribution in [2.75, 3.05) is 46.9 Å². The molecular formula is C23H36IN5O2. The van der Waals surface area contributed by atoms with Gasteiger partial charge in [-0.1, -0.05) is 30.3 Å². The lowest BCUT2D eigenvalue weighted by Crippen LogP contribution is -2.41. The number of hydrogen-bond donors (Lipinski definition) is 2. The first-order valence-corrected chi connectivity index (χ1v) is 10.5. The monoisotopic (exact) mass is 541 g/mol. The van der Waals surface area contributed by atoms with Gasteiger partial charge in [-0.15, -0.1) is 24.0 Å². The predicted molar refractivity (Wildman–Crippen MR) is 137 cm³/mol. The zero-order chi connectivity index (χ0) is 21.4. The predicted octanol–water partition coefficient (Wildman–Crippen LogP) is 3.30. The lowest BCUT2D eigenvalue weighted by molar-refractivity contribution is 0.180. The highest BCUT2D eigenvalue weighted by Gasteiger charge is 2.03. The van der Waals surface area contributed by atoms with Gasteiger partial charge < -0.3 is 25.0 Å². The van der Waals surface area contributed by atoms with Gasteiger partial charge in [0.2, 0.25) is 5.88 Å². The standard InChI is InChI=1S/C23H35N5O2.HI/c1-4-24-23(26-13-15-28(2)14-8-16-29-3)27-18-21-11-12-25-22(17-21)30-19-20-9-6-5-7-10-20;/h5-7,9-12,17H,4,8,13-16,18-19H2,1-3H3,(H2,24,26,27);1H. The first-order valence-electron chi connectivity index (χ1n) is 10.5. The Balaban J connectivity index is 0.00000480. The molecule has 7 nitrogen and oxygen atoms in total. The van der Waals surface area contributed by atoms with E-state index in [1.54, 1.807) is 13.3 Å². The maximum atomic E-state index is 5.81. The first kappa shape index (κ1) is 27.1. The van der Waals surface area contributed by atoms with Gasteiger partial charge >= 0.3 is 0 Å². The van der Waals surface area contributed by atoms with Crippen LogP contribution in [0.1, 0.15) is 24.5 Å². The minimum Gasteiger partial charge on any atom is -0.473 e. The molecule has 1 aromatic carbocycles. The van der Waals surface area contributed by atoms with Gasteiger partial charge in [0.15, 0.2) is 5.96 Å². The summed E-state index contributed by atoms with van der Waals surface area (Å²) in [6.45, 7) is 7.54. The van der Waals surface area contributed by atoms with E-state index < -0.39 is 0 Å². The number of guanidine groups is 1. The van der Waals surface area contributed by atoms with Crippen molar-refractivity contribution in [3.8, 4) is 5.88 Å². The van der Waals surface area contributed by atoms with E-state index in [2.05, 4.69) is 39.5 Å². The second-order valence-electron chi connectivity index (χ2n) is 7.05. The Kier molecular flexibility index (Phi) is 14.6. The highest BCUT2D eigenvalue weighted by Crippen LogP contribution is 2.12. The number of likely N-dealkylation sites (N-methyl/N-ethyl adjacent to an activating group) is 1. The third-order valence-electron chi connectivity index (χ3n) is 4.47. The minimum atomic E-state index is 0. The third-order valence-corrected chi connectivity index (χ3v) is 4.47. The molecule has 2 rings (SSSR count). The van der Waals surface area contributed by atoms with Crippen LogP contribution in [0, 0.1) is 0 Å². The van der Waals surface area contributed by atoms with E-state index in [9.17, 15) is 0 Å². The van der Waals surface area contributed by atoms with Crippen LogP contribution in [-0.4, -0.2) is 62.8 Å². The van der Waals surface area contributed by atoms with Crippen LogP contribution in [0.2, 0.25) is 0 Å². The molecule has 0 radical (unpaired) electrons. The van der Waals surface area contributed by atoms with Crippen LogP contribution in [0.25, 0.3) is 0 Å². The average molecular weight is 541 g/mol. The molecule has 172 valence electrons. The van der Waals surface area contributed by atoms with Crippen molar-refractivity contribution in [3.63, 3.8) is 0 Å². The van der Waals surface area contributed by atoms with Gasteiger partial charge in [0.1, 0.15) is 6.61 Å². The number of nitrogens with one attached hydrogen (secondary N) is 2. The van der Waals surface area contributed by atoms with Crippen molar-refractivity contribution < 1.29 is 9.47 Å². The molecule has 1 aromatic heterocycles. The van der Waals surface area contributed by atoms with E-state index in [0.29, 0.717) is 19.0 Å². The van der Waals surface area contributed by atoms with Gasteiger partial charge in [0, 0.05) is 52.2 Å². The Morgan fingerprint density at radius 1 is 1.10 bits per heavy atom. The van der Waals surface area contributed by atoms with E-state index in [1.165, 1.54) is 0 Å². The minimum absolute atomic E-state index is 0. The molecule has 0 fully saturated rings. The number of halogens is 1. The number of benzene rings is 1.